The summed E-state index contributed by atoms with van der Waals surface area (Å²) in [5, 5.41) is 20.3. The Morgan fingerprint density at radius 3 is 1.58 bits per heavy atom. The minimum atomic E-state index is -1.36. The Hall–Kier alpha value is -3.11. The Morgan fingerprint density at radius 2 is 1.16 bits per heavy atom. The molecule has 8 heteroatoms. The third-order valence-corrected chi connectivity index (χ3v) is 6.38. The second kappa shape index (κ2) is 14.2. The normalized spacial score (nSPS) is 24.1. The predicted molar refractivity (Wildman–Crippen MR) is 139 cm³/mol. The number of aliphatic hydroxyl groups excluding tert-OH is 1. The summed E-state index contributed by atoms with van der Waals surface area (Å²) in [7, 11) is 1.48. The molecule has 1 aliphatic heterocycles. The maximum absolute atomic E-state index is 11.5. The van der Waals surface area contributed by atoms with Gasteiger partial charge in [0.05, 0.1) is 32.3 Å². The van der Waals surface area contributed by atoms with Crippen molar-refractivity contribution >= 4 is 5.97 Å². The lowest BCUT2D eigenvalue weighted by molar-refractivity contribution is -0.329. The van der Waals surface area contributed by atoms with Crippen molar-refractivity contribution < 1.29 is 38.7 Å². The molecular formula is C30H34O8. The molecule has 1 aliphatic rings. The van der Waals surface area contributed by atoms with Crippen molar-refractivity contribution in [2.45, 2.75) is 63.1 Å². The fraction of sp³-hybridized carbons (Fsp3) is 0.367. The van der Waals surface area contributed by atoms with Crippen LogP contribution in [0.15, 0.2) is 91.0 Å². The average molecular weight is 523 g/mol. The van der Waals surface area contributed by atoms with Gasteiger partial charge in [0, 0.05) is 7.11 Å². The number of carboxylic acids is 1. The summed E-state index contributed by atoms with van der Waals surface area (Å²) in [6.07, 6.45) is -6.15. The zero-order valence-corrected chi connectivity index (χ0v) is 21.3. The van der Waals surface area contributed by atoms with Crippen LogP contribution in [0.2, 0.25) is 0 Å². The summed E-state index contributed by atoms with van der Waals surface area (Å²) < 4.78 is 30.8. The third-order valence-electron chi connectivity index (χ3n) is 6.38. The van der Waals surface area contributed by atoms with Crippen LogP contribution in [-0.4, -0.2) is 60.1 Å². The Bertz CT molecular complexity index is 1100. The molecule has 38 heavy (non-hydrogen) atoms. The van der Waals surface area contributed by atoms with Crippen LogP contribution in [-0.2, 0) is 48.3 Å². The molecule has 0 unspecified atom stereocenters. The van der Waals surface area contributed by atoms with Gasteiger partial charge in [0.15, 0.2) is 6.29 Å². The maximum atomic E-state index is 11.5. The molecule has 0 aromatic heterocycles. The van der Waals surface area contributed by atoms with Gasteiger partial charge < -0.3 is 33.9 Å². The highest BCUT2D eigenvalue weighted by Gasteiger charge is 2.51. The van der Waals surface area contributed by atoms with Crippen molar-refractivity contribution in [3.63, 3.8) is 0 Å². The van der Waals surface area contributed by atoms with Crippen molar-refractivity contribution in [1.29, 1.82) is 0 Å². The van der Waals surface area contributed by atoms with Crippen LogP contribution in [0.4, 0.5) is 0 Å². The summed E-state index contributed by atoms with van der Waals surface area (Å²) in [5.41, 5.74) is 2.81. The minimum absolute atomic E-state index is 0.208. The number of hydrogen-bond acceptors (Lipinski definition) is 7. The first kappa shape index (κ1) is 27.9. The van der Waals surface area contributed by atoms with Gasteiger partial charge in [-0.25, -0.2) is 0 Å². The van der Waals surface area contributed by atoms with E-state index in [0.29, 0.717) is 0 Å². The standard InChI is InChI=1S/C30H34O8/c1-34-30-29(37-20-23-15-9-4-10-16-23)28(36-19-22-13-7-3-8-14-22)27(26(38-30)24(31)17-25(32)33)35-18-21-11-5-2-6-12-21/h2-16,24,26-31H,17-20H2,1H3,(H,32,33)/t24-,26+,27+,28-,29+,30-/m0/s1. The summed E-state index contributed by atoms with van der Waals surface area (Å²) in [6.45, 7) is 0.729. The zero-order valence-electron chi connectivity index (χ0n) is 21.3. The topological polar surface area (TPSA) is 104 Å². The predicted octanol–water partition coefficient (Wildman–Crippen LogP) is 3.95. The molecule has 0 radical (unpaired) electrons. The first-order valence-electron chi connectivity index (χ1n) is 12.6. The van der Waals surface area contributed by atoms with Crippen LogP contribution in [0.1, 0.15) is 23.1 Å². The molecule has 4 rings (SSSR count). The van der Waals surface area contributed by atoms with Crippen LogP contribution in [0.25, 0.3) is 0 Å². The summed E-state index contributed by atoms with van der Waals surface area (Å²) >= 11 is 0. The van der Waals surface area contributed by atoms with Gasteiger partial charge in [-0.2, -0.15) is 0 Å². The number of ether oxygens (including phenoxy) is 5. The number of carboxylic acid groups (broad SMARTS) is 1. The Kier molecular flexibility index (Phi) is 10.4. The first-order chi connectivity index (χ1) is 18.5. The van der Waals surface area contributed by atoms with Gasteiger partial charge >= 0.3 is 5.97 Å². The molecule has 8 nitrogen and oxygen atoms in total. The maximum Gasteiger partial charge on any atom is 0.306 e. The first-order valence-corrected chi connectivity index (χ1v) is 12.6. The average Bonchev–Trinajstić information content (AvgIpc) is 2.95. The van der Waals surface area contributed by atoms with Gasteiger partial charge in [0.25, 0.3) is 0 Å². The SMILES string of the molecule is CO[C@H]1O[C@H]([C@@H](O)CC(=O)O)[C@@H](OCc2ccccc2)[C@H](OCc2ccccc2)[C@H]1OCc1ccccc1. The molecule has 1 saturated heterocycles. The lowest BCUT2D eigenvalue weighted by Gasteiger charge is -2.46. The van der Waals surface area contributed by atoms with Crippen molar-refractivity contribution in [1.82, 2.24) is 0 Å². The van der Waals surface area contributed by atoms with Crippen LogP contribution in [0.3, 0.4) is 0 Å². The van der Waals surface area contributed by atoms with E-state index in [2.05, 4.69) is 0 Å². The fourth-order valence-corrected chi connectivity index (χ4v) is 4.49. The minimum Gasteiger partial charge on any atom is -0.481 e. The molecule has 0 aliphatic carbocycles. The van der Waals surface area contributed by atoms with Gasteiger partial charge in [-0.05, 0) is 16.7 Å². The highest BCUT2D eigenvalue weighted by molar-refractivity contribution is 5.67. The molecule has 3 aromatic rings. The van der Waals surface area contributed by atoms with Gasteiger partial charge in [-0.1, -0.05) is 91.0 Å². The molecule has 0 spiro atoms. The second-order valence-electron chi connectivity index (χ2n) is 9.15. The molecule has 1 heterocycles. The fourth-order valence-electron chi connectivity index (χ4n) is 4.49. The second-order valence-corrected chi connectivity index (χ2v) is 9.15. The monoisotopic (exact) mass is 522 g/mol. The molecule has 1 fully saturated rings. The summed E-state index contributed by atoms with van der Waals surface area (Å²) in [5.74, 6) is -1.15. The molecular weight excluding hydrogens is 488 g/mol. The largest absolute Gasteiger partial charge is 0.481 e. The summed E-state index contributed by atoms with van der Waals surface area (Å²) in [6, 6.07) is 28.9. The summed E-state index contributed by atoms with van der Waals surface area (Å²) in [4.78, 5) is 11.5. The van der Waals surface area contributed by atoms with Crippen molar-refractivity contribution in [3.05, 3.63) is 108 Å². The van der Waals surface area contributed by atoms with Crippen LogP contribution >= 0.6 is 0 Å². The number of aliphatic carboxylic acids is 1. The Balaban J connectivity index is 1.63. The molecule has 6 atom stereocenters. The van der Waals surface area contributed by atoms with Gasteiger partial charge in [-0.3, -0.25) is 4.79 Å². The van der Waals surface area contributed by atoms with E-state index in [1.54, 1.807) is 0 Å². The highest BCUT2D eigenvalue weighted by atomic mass is 16.7. The van der Waals surface area contributed by atoms with E-state index in [9.17, 15) is 15.0 Å². The Morgan fingerprint density at radius 1 is 0.737 bits per heavy atom. The van der Waals surface area contributed by atoms with E-state index in [4.69, 9.17) is 23.7 Å². The number of carbonyl (C=O) groups is 1. The number of benzene rings is 3. The van der Waals surface area contributed by atoms with Gasteiger partial charge in [0.1, 0.15) is 24.4 Å². The smallest absolute Gasteiger partial charge is 0.306 e. The van der Waals surface area contributed by atoms with E-state index >= 15 is 0 Å². The van der Waals surface area contributed by atoms with E-state index in [1.165, 1.54) is 7.11 Å². The highest BCUT2D eigenvalue weighted by Crippen LogP contribution is 2.33. The Labute approximate surface area is 222 Å². The molecule has 3 aromatic carbocycles. The van der Waals surface area contributed by atoms with Crippen molar-refractivity contribution in [3.8, 4) is 0 Å². The number of hydrogen-bond donors (Lipinski definition) is 2. The van der Waals surface area contributed by atoms with Crippen LogP contribution in [0, 0.1) is 0 Å². The molecule has 0 amide bonds. The van der Waals surface area contributed by atoms with E-state index in [0.717, 1.165) is 16.7 Å². The quantitative estimate of drug-likeness (QED) is 0.348. The molecule has 0 bridgehead atoms. The molecule has 2 N–H and O–H groups in total. The number of aliphatic hydroxyl groups is 1. The van der Waals surface area contributed by atoms with Crippen molar-refractivity contribution in [2.75, 3.05) is 7.11 Å². The van der Waals surface area contributed by atoms with E-state index in [1.807, 2.05) is 91.0 Å². The zero-order chi connectivity index (χ0) is 26.7. The van der Waals surface area contributed by atoms with E-state index < -0.39 is 49.2 Å². The number of methoxy groups -OCH3 is 1. The number of rotatable bonds is 13. The van der Waals surface area contributed by atoms with E-state index in [-0.39, 0.29) is 19.8 Å². The molecule has 202 valence electrons. The van der Waals surface area contributed by atoms with Gasteiger partial charge in [-0.15, -0.1) is 0 Å². The lowest BCUT2D eigenvalue weighted by atomic mass is 9.93. The third kappa shape index (κ3) is 7.70. The van der Waals surface area contributed by atoms with Crippen LogP contribution in [0.5, 0.6) is 0 Å². The molecule has 0 saturated carbocycles. The van der Waals surface area contributed by atoms with Crippen LogP contribution < -0.4 is 0 Å². The van der Waals surface area contributed by atoms with Gasteiger partial charge in [0.2, 0.25) is 0 Å². The lowest BCUT2D eigenvalue weighted by Crippen LogP contribution is -2.63. The van der Waals surface area contributed by atoms with Crippen molar-refractivity contribution in [2.24, 2.45) is 0 Å².